The lowest BCUT2D eigenvalue weighted by Gasteiger charge is -2.08. The van der Waals surface area contributed by atoms with Crippen molar-refractivity contribution in [3.63, 3.8) is 0 Å². The number of ether oxygens (including phenoxy) is 1. The summed E-state index contributed by atoms with van der Waals surface area (Å²) in [6, 6.07) is 0. The average Bonchev–Trinajstić information content (AvgIpc) is 2.17. The van der Waals surface area contributed by atoms with Crippen molar-refractivity contribution in [2.45, 2.75) is 46.5 Å². The lowest BCUT2D eigenvalue weighted by atomic mass is 10.0. The summed E-state index contributed by atoms with van der Waals surface area (Å²) < 4.78 is 4.74. The molecule has 0 spiro atoms. The fourth-order valence-corrected chi connectivity index (χ4v) is 1.19. The van der Waals surface area contributed by atoms with Gasteiger partial charge >= 0.3 is 6.09 Å². The van der Waals surface area contributed by atoms with Crippen molar-refractivity contribution in [1.29, 1.82) is 0 Å². The minimum absolute atomic E-state index is 0.295. The Hall–Kier alpha value is -0.730. The molecule has 14 heavy (non-hydrogen) atoms. The molecule has 1 amide bonds. The number of unbranched alkanes of at least 4 members (excludes halogenated alkanes) is 1. The molecule has 0 saturated heterocycles. The van der Waals surface area contributed by atoms with Gasteiger partial charge in [0, 0.05) is 6.54 Å². The van der Waals surface area contributed by atoms with Gasteiger partial charge in [-0.3, -0.25) is 0 Å². The van der Waals surface area contributed by atoms with Crippen molar-refractivity contribution in [3.8, 4) is 0 Å². The number of amides is 1. The van der Waals surface area contributed by atoms with Crippen LogP contribution in [0.25, 0.3) is 0 Å². The van der Waals surface area contributed by atoms with E-state index >= 15 is 0 Å². The third kappa shape index (κ3) is 7.90. The number of hydrogen-bond donors (Lipinski definition) is 1. The van der Waals surface area contributed by atoms with Crippen LogP contribution in [0.3, 0.4) is 0 Å². The summed E-state index contributed by atoms with van der Waals surface area (Å²) in [6.45, 7) is 7.46. The second-order valence-corrected chi connectivity index (χ2v) is 3.66. The molecule has 0 saturated carbocycles. The topological polar surface area (TPSA) is 38.3 Å². The molecule has 84 valence electrons. The normalized spacial score (nSPS) is 12.2. The molecule has 1 atom stereocenters. The van der Waals surface area contributed by atoms with Crippen LogP contribution in [0.1, 0.15) is 46.5 Å². The summed E-state index contributed by atoms with van der Waals surface area (Å²) in [7, 11) is 0. The van der Waals surface area contributed by atoms with Gasteiger partial charge in [0.25, 0.3) is 0 Å². The highest BCUT2D eigenvalue weighted by molar-refractivity contribution is 5.66. The van der Waals surface area contributed by atoms with Gasteiger partial charge in [-0.25, -0.2) is 4.79 Å². The second kappa shape index (κ2) is 8.85. The van der Waals surface area contributed by atoms with Crippen molar-refractivity contribution >= 4 is 6.09 Å². The van der Waals surface area contributed by atoms with Crippen LogP contribution in [0.15, 0.2) is 0 Å². The van der Waals surface area contributed by atoms with Crippen LogP contribution in [0.4, 0.5) is 4.79 Å². The van der Waals surface area contributed by atoms with Gasteiger partial charge in [0.2, 0.25) is 0 Å². The van der Waals surface area contributed by atoms with Crippen LogP contribution in [-0.2, 0) is 4.74 Å². The van der Waals surface area contributed by atoms with Crippen LogP contribution in [-0.4, -0.2) is 19.2 Å². The lowest BCUT2D eigenvalue weighted by molar-refractivity contribution is 0.152. The maximum absolute atomic E-state index is 10.9. The Morgan fingerprint density at radius 3 is 2.64 bits per heavy atom. The second-order valence-electron chi connectivity index (χ2n) is 3.66. The Kier molecular flexibility index (Phi) is 8.39. The highest BCUT2D eigenvalue weighted by atomic mass is 16.5. The minimum Gasteiger partial charge on any atom is -0.450 e. The van der Waals surface area contributed by atoms with E-state index in [-0.39, 0.29) is 6.09 Å². The summed E-state index contributed by atoms with van der Waals surface area (Å²) in [4.78, 5) is 10.9. The number of rotatable bonds is 7. The molecule has 0 rings (SSSR count). The largest absolute Gasteiger partial charge is 0.450 e. The number of nitrogens with one attached hydrogen (secondary N) is 1. The Bertz CT molecular complexity index is 148. The molecule has 0 aromatic rings. The molecular formula is C11H23NO2. The smallest absolute Gasteiger partial charge is 0.407 e. The molecule has 1 unspecified atom stereocenters. The molecule has 0 radical (unpaired) electrons. The maximum Gasteiger partial charge on any atom is 0.407 e. The van der Waals surface area contributed by atoms with Gasteiger partial charge in [-0.05, 0) is 19.3 Å². The molecule has 0 fully saturated rings. The van der Waals surface area contributed by atoms with E-state index in [0.717, 1.165) is 18.9 Å². The number of hydrogen-bond acceptors (Lipinski definition) is 2. The van der Waals surface area contributed by atoms with Crippen LogP contribution in [0, 0.1) is 5.92 Å². The number of alkyl carbamates (subject to hydrolysis) is 1. The monoisotopic (exact) mass is 201 g/mol. The van der Waals surface area contributed by atoms with E-state index in [4.69, 9.17) is 4.74 Å². The lowest BCUT2D eigenvalue weighted by Crippen LogP contribution is -2.25. The number of carbonyl (C=O) groups excluding carboxylic acids is 1. The fraction of sp³-hybridized carbons (Fsp3) is 0.909. The van der Waals surface area contributed by atoms with Crippen molar-refractivity contribution in [2.24, 2.45) is 5.92 Å². The molecule has 0 aliphatic heterocycles. The molecule has 0 aromatic carbocycles. The molecular weight excluding hydrogens is 178 g/mol. The molecule has 0 aromatic heterocycles. The van der Waals surface area contributed by atoms with Crippen molar-refractivity contribution < 1.29 is 9.53 Å². The molecule has 3 heteroatoms. The molecule has 0 aliphatic carbocycles. The van der Waals surface area contributed by atoms with E-state index in [1.807, 2.05) is 6.92 Å². The zero-order valence-electron chi connectivity index (χ0n) is 9.64. The minimum atomic E-state index is -0.295. The van der Waals surface area contributed by atoms with Gasteiger partial charge in [-0.15, -0.1) is 0 Å². The first-order valence-electron chi connectivity index (χ1n) is 5.61. The Balaban J connectivity index is 3.17. The molecule has 3 nitrogen and oxygen atoms in total. The predicted octanol–water partition coefficient (Wildman–Crippen LogP) is 2.95. The van der Waals surface area contributed by atoms with Gasteiger partial charge in [-0.2, -0.15) is 0 Å². The summed E-state index contributed by atoms with van der Waals surface area (Å²) in [5, 5.41) is 2.71. The summed E-state index contributed by atoms with van der Waals surface area (Å²) in [5.74, 6) is 0.803. The van der Waals surface area contributed by atoms with Gasteiger partial charge in [0.15, 0.2) is 0 Å². The quantitative estimate of drug-likeness (QED) is 0.643. The standard InChI is InChI=1S/C11H23NO2/c1-4-10(3)8-6-7-9-12-11(13)14-5-2/h10H,4-9H2,1-3H3,(H,12,13). The van der Waals surface area contributed by atoms with Crippen LogP contribution in [0.2, 0.25) is 0 Å². The Morgan fingerprint density at radius 2 is 2.07 bits per heavy atom. The van der Waals surface area contributed by atoms with Crippen LogP contribution in [0.5, 0.6) is 0 Å². The first kappa shape index (κ1) is 13.3. The van der Waals surface area contributed by atoms with E-state index in [0.29, 0.717) is 6.61 Å². The van der Waals surface area contributed by atoms with Crippen LogP contribution >= 0.6 is 0 Å². The van der Waals surface area contributed by atoms with Gasteiger partial charge in [-0.1, -0.05) is 33.1 Å². The zero-order chi connectivity index (χ0) is 10.8. The van der Waals surface area contributed by atoms with Gasteiger partial charge < -0.3 is 10.1 Å². The average molecular weight is 201 g/mol. The van der Waals surface area contributed by atoms with Crippen molar-refractivity contribution in [3.05, 3.63) is 0 Å². The van der Waals surface area contributed by atoms with Gasteiger partial charge in [0.1, 0.15) is 0 Å². The summed E-state index contributed by atoms with van der Waals surface area (Å²) in [6.07, 6.45) is 4.42. The zero-order valence-corrected chi connectivity index (χ0v) is 9.64. The predicted molar refractivity (Wildman–Crippen MR) is 58.3 cm³/mol. The van der Waals surface area contributed by atoms with Gasteiger partial charge in [0.05, 0.1) is 6.61 Å². The molecule has 0 bridgehead atoms. The Morgan fingerprint density at radius 1 is 1.36 bits per heavy atom. The molecule has 0 heterocycles. The van der Waals surface area contributed by atoms with Crippen LogP contribution < -0.4 is 5.32 Å². The highest BCUT2D eigenvalue weighted by Gasteiger charge is 2.00. The third-order valence-corrected chi connectivity index (χ3v) is 2.37. The molecule has 1 N–H and O–H groups in total. The van der Waals surface area contributed by atoms with E-state index < -0.39 is 0 Å². The third-order valence-electron chi connectivity index (χ3n) is 2.37. The Labute approximate surface area is 87.2 Å². The van der Waals surface area contributed by atoms with E-state index in [2.05, 4.69) is 19.2 Å². The van der Waals surface area contributed by atoms with Crippen molar-refractivity contribution in [2.75, 3.05) is 13.2 Å². The SMILES string of the molecule is CCOC(=O)NCCCCC(C)CC. The molecule has 0 aliphatic rings. The van der Waals surface area contributed by atoms with Crippen molar-refractivity contribution in [1.82, 2.24) is 5.32 Å². The fourth-order valence-electron chi connectivity index (χ4n) is 1.19. The summed E-state index contributed by atoms with van der Waals surface area (Å²) in [5.41, 5.74) is 0. The first-order chi connectivity index (χ1) is 6.70. The highest BCUT2D eigenvalue weighted by Crippen LogP contribution is 2.10. The summed E-state index contributed by atoms with van der Waals surface area (Å²) >= 11 is 0. The first-order valence-corrected chi connectivity index (χ1v) is 5.61. The van der Waals surface area contributed by atoms with E-state index in [9.17, 15) is 4.79 Å². The number of carbonyl (C=O) groups is 1. The van der Waals surface area contributed by atoms with E-state index in [1.54, 1.807) is 0 Å². The van der Waals surface area contributed by atoms with E-state index in [1.165, 1.54) is 19.3 Å². The maximum atomic E-state index is 10.9.